The van der Waals surface area contributed by atoms with Gasteiger partial charge in [-0.25, -0.2) is 5.43 Å². The Morgan fingerprint density at radius 3 is 2.35 bits per heavy atom. The first-order valence-corrected chi connectivity index (χ1v) is 11.2. The van der Waals surface area contributed by atoms with Gasteiger partial charge in [0, 0.05) is 27.7 Å². The summed E-state index contributed by atoms with van der Waals surface area (Å²) in [6.07, 6.45) is 2.61. The number of nitrogens with one attached hydrogen (secondary N) is 2. The van der Waals surface area contributed by atoms with Crippen LogP contribution in [0.3, 0.4) is 0 Å². The van der Waals surface area contributed by atoms with Crippen LogP contribution in [0.25, 0.3) is 6.08 Å². The third-order valence-electron chi connectivity index (χ3n) is 4.37. The van der Waals surface area contributed by atoms with E-state index in [1.165, 1.54) is 36.6 Å². The van der Waals surface area contributed by atoms with Crippen LogP contribution < -0.4 is 10.7 Å². The van der Waals surface area contributed by atoms with E-state index in [1.807, 2.05) is 0 Å². The Labute approximate surface area is 210 Å². The lowest BCUT2D eigenvalue weighted by Gasteiger charge is -2.09. The molecule has 0 aliphatic heterocycles. The average molecular weight is 588 g/mol. The van der Waals surface area contributed by atoms with Gasteiger partial charge in [-0.2, -0.15) is 5.10 Å². The van der Waals surface area contributed by atoms with Gasteiger partial charge in [0.2, 0.25) is 0 Å². The van der Waals surface area contributed by atoms with Crippen LogP contribution in [0.2, 0.25) is 0 Å². The van der Waals surface area contributed by atoms with Crippen molar-refractivity contribution in [3.05, 3.63) is 108 Å². The Balaban J connectivity index is 1.85. The average Bonchev–Trinajstić information content (AvgIpc) is 2.82. The molecule has 0 aliphatic rings. The molecule has 0 bridgehead atoms. The minimum atomic E-state index is -0.743. The normalized spacial score (nSPS) is 11.3. The number of hydrogen-bond acceptors (Lipinski definition) is 6. The summed E-state index contributed by atoms with van der Waals surface area (Å²) in [5.41, 5.74) is 3.16. The highest BCUT2D eigenvalue weighted by Gasteiger charge is 2.15. The fraction of sp³-hybridized carbons (Fsp3) is 0. The van der Waals surface area contributed by atoms with Crippen LogP contribution >= 0.6 is 31.9 Å². The van der Waals surface area contributed by atoms with Crippen molar-refractivity contribution in [3.8, 4) is 5.75 Å². The zero-order chi connectivity index (χ0) is 24.7. The smallest absolute Gasteiger partial charge is 0.287 e. The van der Waals surface area contributed by atoms with E-state index in [4.69, 9.17) is 0 Å². The van der Waals surface area contributed by atoms with Gasteiger partial charge in [0.15, 0.2) is 0 Å². The van der Waals surface area contributed by atoms with Gasteiger partial charge in [-0.15, -0.1) is 0 Å². The van der Waals surface area contributed by atoms with Crippen molar-refractivity contribution < 1.29 is 19.6 Å². The number of hydrazone groups is 1. The van der Waals surface area contributed by atoms with E-state index in [0.29, 0.717) is 25.6 Å². The number of benzene rings is 3. The Morgan fingerprint density at radius 2 is 1.71 bits per heavy atom. The van der Waals surface area contributed by atoms with Gasteiger partial charge >= 0.3 is 0 Å². The number of amides is 2. The van der Waals surface area contributed by atoms with Gasteiger partial charge in [-0.3, -0.25) is 19.7 Å². The monoisotopic (exact) mass is 586 g/mol. The molecule has 3 aromatic rings. The minimum Gasteiger partial charge on any atom is -0.506 e. The van der Waals surface area contributed by atoms with E-state index >= 15 is 0 Å². The molecule has 0 aromatic heterocycles. The zero-order valence-corrected chi connectivity index (χ0v) is 20.4. The molecule has 3 N–H and O–H groups in total. The number of aromatic hydroxyl groups is 1. The minimum absolute atomic E-state index is 0.0692. The van der Waals surface area contributed by atoms with Gasteiger partial charge in [-0.1, -0.05) is 34.1 Å². The molecular formula is C23H16Br2N4O5. The Kier molecular flexibility index (Phi) is 8.28. The number of non-ortho nitro benzene ring substituents is 1. The van der Waals surface area contributed by atoms with Gasteiger partial charge in [0.1, 0.15) is 11.4 Å². The van der Waals surface area contributed by atoms with Crippen molar-refractivity contribution in [3.63, 3.8) is 0 Å². The van der Waals surface area contributed by atoms with Crippen molar-refractivity contribution in [2.24, 2.45) is 5.10 Å². The van der Waals surface area contributed by atoms with Crippen molar-refractivity contribution in [2.45, 2.75) is 0 Å². The Bertz CT molecular complexity index is 1290. The number of nitro benzene ring substituents is 1. The van der Waals surface area contributed by atoms with Crippen molar-refractivity contribution in [2.75, 3.05) is 0 Å². The predicted octanol–water partition coefficient (Wildman–Crippen LogP) is 4.75. The highest BCUT2D eigenvalue weighted by molar-refractivity contribution is 9.11. The molecule has 0 saturated heterocycles. The number of phenolic OH excluding ortho intramolecular Hbond substituents is 1. The van der Waals surface area contributed by atoms with Gasteiger partial charge < -0.3 is 10.4 Å². The van der Waals surface area contributed by atoms with Crippen molar-refractivity contribution >= 4 is 61.7 Å². The summed E-state index contributed by atoms with van der Waals surface area (Å²) in [4.78, 5) is 35.7. The maximum absolute atomic E-state index is 12.8. The molecule has 11 heteroatoms. The van der Waals surface area contributed by atoms with Gasteiger partial charge in [0.25, 0.3) is 17.5 Å². The van der Waals surface area contributed by atoms with Crippen LogP contribution in [-0.2, 0) is 4.79 Å². The molecule has 0 radical (unpaired) electrons. The summed E-state index contributed by atoms with van der Waals surface area (Å²) < 4.78 is 1.11. The topological polar surface area (TPSA) is 134 Å². The molecule has 2 amide bonds. The molecule has 0 spiro atoms. The molecule has 0 fully saturated rings. The number of rotatable bonds is 7. The van der Waals surface area contributed by atoms with Crippen LogP contribution in [0.4, 0.5) is 5.69 Å². The summed E-state index contributed by atoms with van der Waals surface area (Å²) in [7, 11) is 0. The second-order valence-electron chi connectivity index (χ2n) is 6.75. The lowest BCUT2D eigenvalue weighted by molar-refractivity contribution is -0.384. The highest BCUT2D eigenvalue weighted by Crippen LogP contribution is 2.30. The molecule has 0 saturated carbocycles. The molecule has 0 aliphatic carbocycles. The number of nitrogens with zero attached hydrogens (tertiary/aromatic N) is 2. The first kappa shape index (κ1) is 24.8. The van der Waals surface area contributed by atoms with Gasteiger partial charge in [0.05, 0.1) is 15.6 Å². The summed E-state index contributed by atoms with van der Waals surface area (Å²) in [5, 5.41) is 27.4. The summed E-state index contributed by atoms with van der Waals surface area (Å²) in [6.45, 7) is 0. The molecule has 0 unspecified atom stereocenters. The van der Waals surface area contributed by atoms with Gasteiger partial charge in [-0.05, 0) is 64.0 Å². The van der Waals surface area contributed by atoms with Crippen LogP contribution in [0.1, 0.15) is 21.5 Å². The SMILES string of the molecule is O=C(NN=Cc1cc(Br)cc(Br)c1O)C(=Cc1ccc([N+](=O)[O-])cc1)NC(=O)c1ccccc1. The molecule has 172 valence electrons. The van der Waals surface area contributed by atoms with Crippen molar-refractivity contribution in [1.82, 2.24) is 10.7 Å². The lowest BCUT2D eigenvalue weighted by Crippen LogP contribution is -2.32. The van der Waals surface area contributed by atoms with E-state index < -0.39 is 16.7 Å². The maximum atomic E-state index is 12.8. The third-order valence-corrected chi connectivity index (χ3v) is 5.43. The standard InChI is InChI=1S/C23H16Br2N4O5/c24-17-11-16(21(30)19(25)12-17)13-26-28-23(32)20(27-22(31)15-4-2-1-3-5-15)10-14-6-8-18(9-7-14)29(33)34/h1-13,30H,(H,27,31)(H,28,32). The molecule has 3 aromatic carbocycles. The number of carbonyl (C=O) groups excluding carboxylic acids is 2. The second-order valence-corrected chi connectivity index (χ2v) is 8.52. The molecule has 9 nitrogen and oxygen atoms in total. The molecule has 0 heterocycles. The number of carbonyl (C=O) groups is 2. The number of nitro groups is 1. The van der Waals surface area contributed by atoms with Crippen LogP contribution in [0.5, 0.6) is 5.75 Å². The third kappa shape index (κ3) is 6.59. The second kappa shape index (κ2) is 11.3. The molecule has 0 atom stereocenters. The number of hydrogen-bond donors (Lipinski definition) is 3. The first-order chi connectivity index (χ1) is 16.2. The van der Waals surface area contributed by atoms with Crippen LogP contribution in [0, 0.1) is 10.1 Å². The lowest BCUT2D eigenvalue weighted by atomic mass is 10.1. The van der Waals surface area contributed by atoms with Crippen molar-refractivity contribution in [1.29, 1.82) is 0 Å². The molecule has 34 heavy (non-hydrogen) atoms. The quantitative estimate of drug-likeness (QED) is 0.159. The highest BCUT2D eigenvalue weighted by atomic mass is 79.9. The predicted molar refractivity (Wildman–Crippen MR) is 134 cm³/mol. The summed E-state index contributed by atoms with van der Waals surface area (Å²) in [5.74, 6) is -1.34. The Morgan fingerprint density at radius 1 is 1.03 bits per heavy atom. The number of phenols is 1. The van der Waals surface area contributed by atoms with Crippen LogP contribution in [0.15, 0.2) is 86.5 Å². The van der Waals surface area contributed by atoms with Crippen LogP contribution in [-0.4, -0.2) is 28.1 Å². The summed E-state index contributed by atoms with van der Waals surface area (Å²) >= 11 is 6.52. The van der Waals surface area contributed by atoms with E-state index in [1.54, 1.807) is 42.5 Å². The summed E-state index contributed by atoms with van der Waals surface area (Å²) in [6, 6.07) is 17.0. The first-order valence-electron chi connectivity index (χ1n) is 9.58. The fourth-order valence-corrected chi connectivity index (χ4v) is 3.96. The van der Waals surface area contributed by atoms with E-state index in [0.717, 1.165) is 0 Å². The largest absolute Gasteiger partial charge is 0.506 e. The molecule has 3 rings (SSSR count). The fourth-order valence-electron chi connectivity index (χ4n) is 2.71. The zero-order valence-electron chi connectivity index (χ0n) is 17.2. The maximum Gasteiger partial charge on any atom is 0.287 e. The number of halogens is 2. The van der Waals surface area contributed by atoms with E-state index in [2.05, 4.69) is 47.7 Å². The Hall–Kier alpha value is -3.83. The van der Waals surface area contributed by atoms with E-state index in [9.17, 15) is 24.8 Å². The van der Waals surface area contributed by atoms with E-state index in [-0.39, 0.29) is 17.1 Å². The molecular weight excluding hydrogens is 572 g/mol.